The zero-order chi connectivity index (χ0) is 15.3. The van der Waals surface area contributed by atoms with Crippen LogP contribution in [0.2, 0.25) is 5.02 Å². The lowest BCUT2D eigenvalue weighted by atomic mass is 10.0. The lowest BCUT2D eigenvalue weighted by Gasteiger charge is -2.22. The highest BCUT2D eigenvalue weighted by atomic mass is 35.5. The lowest BCUT2D eigenvalue weighted by Crippen LogP contribution is -2.35. The SMILES string of the molecule is COC(=O)C[C@H](N[S+]([O-])C(C)C)c1cccc(F)c1Cl. The Hall–Kier alpha value is -0.820. The second kappa shape index (κ2) is 7.83. The van der Waals surface area contributed by atoms with E-state index in [1.54, 1.807) is 19.9 Å². The van der Waals surface area contributed by atoms with Crippen molar-refractivity contribution in [2.45, 2.75) is 31.6 Å². The summed E-state index contributed by atoms with van der Waals surface area (Å²) in [5.41, 5.74) is 0.381. The fraction of sp³-hybridized carbons (Fsp3) is 0.462. The van der Waals surface area contributed by atoms with Crippen LogP contribution in [0.5, 0.6) is 0 Å². The van der Waals surface area contributed by atoms with Gasteiger partial charge in [-0.3, -0.25) is 4.79 Å². The van der Waals surface area contributed by atoms with Crippen molar-refractivity contribution in [1.29, 1.82) is 0 Å². The van der Waals surface area contributed by atoms with E-state index in [-0.39, 0.29) is 16.7 Å². The van der Waals surface area contributed by atoms with E-state index in [4.69, 9.17) is 11.6 Å². The number of carbonyl (C=O) groups excluding carboxylic acids is 1. The van der Waals surface area contributed by atoms with Gasteiger partial charge in [-0.15, -0.1) is 4.72 Å². The van der Waals surface area contributed by atoms with E-state index >= 15 is 0 Å². The van der Waals surface area contributed by atoms with Crippen LogP contribution in [0, 0.1) is 5.82 Å². The second-order valence-electron chi connectivity index (χ2n) is 4.44. The third-order valence-corrected chi connectivity index (χ3v) is 4.41. The van der Waals surface area contributed by atoms with Crippen molar-refractivity contribution in [3.63, 3.8) is 0 Å². The smallest absolute Gasteiger partial charge is 0.307 e. The molecule has 0 aromatic heterocycles. The molecule has 0 saturated heterocycles. The first-order valence-corrected chi connectivity index (χ1v) is 7.63. The number of halogens is 2. The van der Waals surface area contributed by atoms with Gasteiger partial charge in [-0.25, -0.2) is 4.39 Å². The van der Waals surface area contributed by atoms with Gasteiger partial charge in [-0.1, -0.05) is 23.7 Å². The van der Waals surface area contributed by atoms with Gasteiger partial charge in [-0.2, -0.15) is 0 Å². The molecule has 0 fully saturated rings. The molecule has 20 heavy (non-hydrogen) atoms. The summed E-state index contributed by atoms with van der Waals surface area (Å²) in [6, 6.07) is 3.62. The molecule has 1 N–H and O–H groups in total. The van der Waals surface area contributed by atoms with E-state index < -0.39 is 29.2 Å². The number of ether oxygens (including phenoxy) is 1. The maximum absolute atomic E-state index is 13.5. The van der Waals surface area contributed by atoms with Crippen LogP contribution in [-0.4, -0.2) is 22.9 Å². The number of benzene rings is 1. The average Bonchev–Trinajstić information content (AvgIpc) is 2.40. The van der Waals surface area contributed by atoms with Gasteiger partial charge in [0.2, 0.25) is 0 Å². The van der Waals surface area contributed by atoms with Gasteiger partial charge >= 0.3 is 5.97 Å². The molecular weight excluding hydrogens is 305 g/mol. The summed E-state index contributed by atoms with van der Waals surface area (Å²) in [6.45, 7) is 3.54. The third kappa shape index (κ3) is 4.63. The summed E-state index contributed by atoms with van der Waals surface area (Å²) in [7, 11) is 1.26. The number of nitrogens with one attached hydrogen (secondary N) is 1. The van der Waals surface area contributed by atoms with Crippen molar-refractivity contribution < 1.29 is 18.5 Å². The Kier molecular flexibility index (Phi) is 6.75. The molecule has 4 nitrogen and oxygen atoms in total. The van der Waals surface area contributed by atoms with Gasteiger partial charge in [0.05, 0.1) is 24.6 Å². The predicted octanol–water partition coefficient (Wildman–Crippen LogP) is 2.75. The number of carbonyl (C=O) groups is 1. The van der Waals surface area contributed by atoms with Gasteiger partial charge in [0, 0.05) is 11.4 Å². The van der Waals surface area contributed by atoms with Crippen molar-refractivity contribution in [3.05, 3.63) is 34.6 Å². The highest BCUT2D eigenvalue weighted by molar-refractivity contribution is 7.90. The van der Waals surface area contributed by atoms with Crippen LogP contribution in [-0.2, 0) is 20.9 Å². The quantitative estimate of drug-likeness (QED) is 0.646. The molecule has 0 heterocycles. The third-order valence-electron chi connectivity index (χ3n) is 2.64. The summed E-state index contributed by atoms with van der Waals surface area (Å²) >= 11 is 4.54. The highest BCUT2D eigenvalue weighted by Crippen LogP contribution is 2.28. The summed E-state index contributed by atoms with van der Waals surface area (Å²) in [4.78, 5) is 11.4. The molecule has 7 heteroatoms. The van der Waals surface area contributed by atoms with Crippen LogP contribution in [0.25, 0.3) is 0 Å². The Balaban J connectivity index is 3.03. The van der Waals surface area contributed by atoms with Gasteiger partial charge in [-0.05, 0) is 25.5 Å². The Labute approximate surface area is 126 Å². The molecule has 1 unspecified atom stereocenters. The van der Waals surface area contributed by atoms with Crippen molar-refractivity contribution in [2.24, 2.45) is 0 Å². The molecule has 0 spiro atoms. The van der Waals surface area contributed by atoms with Gasteiger partial charge in [0.25, 0.3) is 0 Å². The van der Waals surface area contributed by atoms with Crippen LogP contribution in [0.1, 0.15) is 31.9 Å². The van der Waals surface area contributed by atoms with E-state index in [1.165, 1.54) is 19.2 Å². The minimum absolute atomic E-state index is 0.0852. The van der Waals surface area contributed by atoms with Crippen molar-refractivity contribution >= 4 is 28.9 Å². The molecule has 0 radical (unpaired) electrons. The molecule has 0 aliphatic carbocycles. The largest absolute Gasteiger partial charge is 0.598 e. The maximum atomic E-state index is 13.5. The van der Waals surface area contributed by atoms with Crippen LogP contribution in [0.15, 0.2) is 18.2 Å². The zero-order valence-electron chi connectivity index (χ0n) is 11.5. The maximum Gasteiger partial charge on any atom is 0.307 e. The molecule has 0 saturated carbocycles. The summed E-state index contributed by atoms with van der Waals surface area (Å²) in [5.74, 6) is -1.08. The number of methoxy groups -OCH3 is 1. The van der Waals surface area contributed by atoms with E-state index in [0.29, 0.717) is 5.56 Å². The first kappa shape index (κ1) is 17.2. The average molecular weight is 322 g/mol. The fourth-order valence-corrected chi connectivity index (χ4v) is 2.55. The fourth-order valence-electron chi connectivity index (χ4n) is 1.53. The molecule has 0 amide bonds. The molecule has 1 aromatic rings. The summed E-state index contributed by atoms with van der Waals surface area (Å²) in [6.07, 6.45) is -0.0852. The Morgan fingerprint density at radius 3 is 2.75 bits per heavy atom. The molecule has 0 aliphatic heterocycles. The van der Waals surface area contributed by atoms with E-state index in [9.17, 15) is 13.7 Å². The lowest BCUT2D eigenvalue weighted by molar-refractivity contribution is -0.141. The summed E-state index contributed by atoms with van der Waals surface area (Å²) in [5, 5.41) is -0.239. The molecule has 0 aliphatic rings. The Bertz CT molecular complexity index is 473. The van der Waals surface area contributed by atoms with Crippen molar-refractivity contribution in [2.75, 3.05) is 7.11 Å². The van der Waals surface area contributed by atoms with Gasteiger partial charge in [0.1, 0.15) is 11.1 Å². The topological polar surface area (TPSA) is 61.4 Å². The predicted molar refractivity (Wildman–Crippen MR) is 77.2 cm³/mol. The highest BCUT2D eigenvalue weighted by Gasteiger charge is 2.26. The molecule has 1 aromatic carbocycles. The van der Waals surface area contributed by atoms with Crippen molar-refractivity contribution in [1.82, 2.24) is 4.72 Å². The minimum atomic E-state index is -1.37. The number of hydrogen-bond donors (Lipinski definition) is 1. The van der Waals surface area contributed by atoms with Gasteiger partial charge < -0.3 is 9.29 Å². The van der Waals surface area contributed by atoms with Gasteiger partial charge in [0.15, 0.2) is 0 Å². The molecule has 2 atom stereocenters. The normalized spacial score (nSPS) is 14.2. The van der Waals surface area contributed by atoms with Crippen molar-refractivity contribution in [3.8, 4) is 0 Å². The van der Waals surface area contributed by atoms with E-state index in [0.717, 1.165) is 0 Å². The number of esters is 1. The standard InChI is InChI=1S/C13H17ClFNO3S/c1-8(2)20(18)16-11(7-12(17)19-3)9-5-4-6-10(15)13(9)14/h4-6,8,11,16H,7H2,1-3H3/t11-,20?/m0/s1. The van der Waals surface area contributed by atoms with Crippen LogP contribution in [0.4, 0.5) is 4.39 Å². The zero-order valence-corrected chi connectivity index (χ0v) is 13.1. The second-order valence-corrected chi connectivity index (χ2v) is 6.59. The number of rotatable bonds is 6. The van der Waals surface area contributed by atoms with E-state index in [1.807, 2.05) is 0 Å². The number of hydrogen-bond acceptors (Lipinski definition) is 4. The Morgan fingerprint density at radius 1 is 1.55 bits per heavy atom. The summed E-state index contributed by atoms with van der Waals surface area (Å²) < 4.78 is 32.8. The van der Waals surface area contributed by atoms with E-state index in [2.05, 4.69) is 9.46 Å². The van der Waals surface area contributed by atoms with Crippen LogP contribution < -0.4 is 4.72 Å². The molecular formula is C13H17ClFNO3S. The van der Waals surface area contributed by atoms with Crippen LogP contribution >= 0.6 is 11.6 Å². The van der Waals surface area contributed by atoms with Crippen LogP contribution in [0.3, 0.4) is 0 Å². The monoisotopic (exact) mass is 321 g/mol. The molecule has 0 bridgehead atoms. The molecule has 112 valence electrons. The first-order valence-electron chi connectivity index (χ1n) is 6.04. The minimum Gasteiger partial charge on any atom is -0.598 e. The molecule has 1 rings (SSSR count). The Morgan fingerprint density at radius 2 is 2.20 bits per heavy atom. The first-order chi connectivity index (χ1) is 9.36.